The zero-order valence-electron chi connectivity index (χ0n) is 7.12. The Morgan fingerprint density at radius 2 is 1.92 bits per heavy atom. The van der Waals surface area contributed by atoms with Gasteiger partial charge in [-0.15, -0.1) is 0 Å². The molecule has 1 rings (SSSR count). The Morgan fingerprint density at radius 1 is 1.33 bits per heavy atom. The molecule has 0 radical (unpaired) electrons. The maximum Gasteiger partial charge on any atom is 0.115 e. The third-order valence-electron chi connectivity index (χ3n) is 1.45. The number of allylic oxidation sites excluding steroid dienone is 2. The van der Waals surface area contributed by atoms with E-state index in [0.29, 0.717) is 5.75 Å². The van der Waals surface area contributed by atoms with Crippen LogP contribution in [0.2, 0.25) is 0 Å². The van der Waals surface area contributed by atoms with Crippen LogP contribution in [0.25, 0.3) is 6.08 Å². The summed E-state index contributed by atoms with van der Waals surface area (Å²) in [4.78, 5) is 0. The van der Waals surface area contributed by atoms with Gasteiger partial charge in [0, 0.05) is 0 Å². The Hall–Kier alpha value is -1.50. The van der Waals surface area contributed by atoms with E-state index in [-0.39, 0.29) is 0 Å². The summed E-state index contributed by atoms with van der Waals surface area (Å²) in [5.41, 5.74) is 2.08. The van der Waals surface area contributed by atoms with Gasteiger partial charge in [0.15, 0.2) is 0 Å². The fourth-order valence-electron chi connectivity index (χ4n) is 0.824. The summed E-state index contributed by atoms with van der Waals surface area (Å²) in [6, 6.07) is 7.04. The summed E-state index contributed by atoms with van der Waals surface area (Å²) < 4.78 is 0. The minimum atomic E-state index is 0.294. The van der Waals surface area contributed by atoms with Gasteiger partial charge in [0.05, 0.1) is 0 Å². The third-order valence-corrected chi connectivity index (χ3v) is 1.45. The maximum atomic E-state index is 8.99. The highest BCUT2D eigenvalue weighted by atomic mass is 16.3. The van der Waals surface area contributed by atoms with Gasteiger partial charge in [-0.3, -0.25) is 0 Å². The predicted molar refractivity (Wildman–Crippen MR) is 52.0 cm³/mol. The molecule has 62 valence electrons. The van der Waals surface area contributed by atoms with Crippen LogP contribution in [0.3, 0.4) is 0 Å². The number of phenolic OH excluding ortho intramolecular Hbond substituents is 1. The summed E-state index contributed by atoms with van der Waals surface area (Å²) in [7, 11) is 0. The second kappa shape index (κ2) is 3.77. The number of rotatable bonds is 2. The summed E-state index contributed by atoms with van der Waals surface area (Å²) in [6.07, 6.45) is 3.90. The standard InChI is InChI=1S/C11H12O/c1-9(2)3-4-10-5-7-11(12)8-6-10/h3-8,12H,1H2,2H3/b4-3+. The van der Waals surface area contributed by atoms with E-state index in [1.54, 1.807) is 12.1 Å². The van der Waals surface area contributed by atoms with Crippen molar-refractivity contribution < 1.29 is 5.11 Å². The lowest BCUT2D eigenvalue weighted by molar-refractivity contribution is 0.475. The van der Waals surface area contributed by atoms with Crippen molar-refractivity contribution >= 4 is 6.08 Å². The summed E-state index contributed by atoms with van der Waals surface area (Å²) in [5, 5.41) is 8.99. The lowest BCUT2D eigenvalue weighted by atomic mass is 10.2. The minimum Gasteiger partial charge on any atom is -0.508 e. The number of hydrogen-bond acceptors (Lipinski definition) is 1. The van der Waals surface area contributed by atoms with Crippen molar-refractivity contribution in [2.45, 2.75) is 6.92 Å². The molecular formula is C11H12O. The van der Waals surface area contributed by atoms with Gasteiger partial charge in [-0.05, 0) is 24.6 Å². The molecule has 1 aromatic rings. The van der Waals surface area contributed by atoms with Gasteiger partial charge in [0.1, 0.15) is 5.75 Å². The molecule has 0 aliphatic carbocycles. The zero-order valence-corrected chi connectivity index (χ0v) is 7.12. The van der Waals surface area contributed by atoms with E-state index in [4.69, 9.17) is 5.11 Å². The molecule has 0 atom stereocenters. The highest BCUT2D eigenvalue weighted by Crippen LogP contribution is 2.11. The SMILES string of the molecule is C=C(C)/C=C/c1ccc(O)cc1. The molecule has 0 aromatic heterocycles. The van der Waals surface area contributed by atoms with Gasteiger partial charge < -0.3 is 5.11 Å². The minimum absolute atomic E-state index is 0.294. The van der Waals surface area contributed by atoms with Crippen molar-refractivity contribution in [2.24, 2.45) is 0 Å². The fourth-order valence-corrected chi connectivity index (χ4v) is 0.824. The highest BCUT2D eigenvalue weighted by molar-refractivity contribution is 5.53. The van der Waals surface area contributed by atoms with Crippen molar-refractivity contribution in [3.8, 4) is 5.75 Å². The Bertz CT molecular complexity index is 293. The van der Waals surface area contributed by atoms with Crippen LogP contribution in [0.1, 0.15) is 12.5 Å². The Kier molecular flexibility index (Phi) is 2.70. The number of phenols is 1. The molecular weight excluding hydrogens is 148 g/mol. The molecule has 1 aromatic carbocycles. The van der Waals surface area contributed by atoms with Gasteiger partial charge in [-0.25, -0.2) is 0 Å². The van der Waals surface area contributed by atoms with Crippen LogP contribution in [-0.2, 0) is 0 Å². The lowest BCUT2D eigenvalue weighted by Gasteiger charge is -1.93. The van der Waals surface area contributed by atoms with Gasteiger partial charge in [0.2, 0.25) is 0 Å². The van der Waals surface area contributed by atoms with Crippen LogP contribution in [0, 0.1) is 0 Å². The fraction of sp³-hybridized carbons (Fsp3) is 0.0909. The normalized spacial score (nSPS) is 10.4. The van der Waals surface area contributed by atoms with E-state index in [9.17, 15) is 0 Å². The zero-order chi connectivity index (χ0) is 8.97. The molecule has 0 heterocycles. The largest absolute Gasteiger partial charge is 0.508 e. The second-order valence-corrected chi connectivity index (χ2v) is 2.77. The first-order valence-corrected chi connectivity index (χ1v) is 3.81. The van der Waals surface area contributed by atoms with E-state index in [1.807, 2.05) is 31.2 Å². The molecule has 0 amide bonds. The van der Waals surface area contributed by atoms with Gasteiger partial charge in [-0.2, -0.15) is 0 Å². The first kappa shape index (κ1) is 8.60. The Labute approximate surface area is 72.7 Å². The van der Waals surface area contributed by atoms with E-state index in [1.165, 1.54) is 0 Å². The van der Waals surface area contributed by atoms with Gasteiger partial charge in [0.25, 0.3) is 0 Å². The molecule has 0 unspecified atom stereocenters. The molecule has 0 bridgehead atoms. The van der Waals surface area contributed by atoms with Crippen LogP contribution in [-0.4, -0.2) is 5.11 Å². The predicted octanol–water partition coefficient (Wildman–Crippen LogP) is 2.98. The second-order valence-electron chi connectivity index (χ2n) is 2.77. The quantitative estimate of drug-likeness (QED) is 0.659. The monoisotopic (exact) mass is 160 g/mol. The molecule has 0 spiro atoms. The summed E-state index contributed by atoms with van der Waals surface area (Å²) in [6.45, 7) is 5.69. The van der Waals surface area contributed by atoms with Crippen LogP contribution in [0.15, 0.2) is 42.5 Å². The highest BCUT2D eigenvalue weighted by Gasteiger charge is 1.86. The molecule has 0 fully saturated rings. The van der Waals surface area contributed by atoms with Crippen molar-refractivity contribution in [1.82, 2.24) is 0 Å². The molecule has 0 saturated heterocycles. The topological polar surface area (TPSA) is 20.2 Å². The molecule has 0 saturated carbocycles. The number of hydrogen-bond donors (Lipinski definition) is 1. The third kappa shape index (κ3) is 2.62. The van der Waals surface area contributed by atoms with Crippen LogP contribution in [0.4, 0.5) is 0 Å². The lowest BCUT2D eigenvalue weighted by Crippen LogP contribution is -1.70. The molecule has 0 aliphatic heterocycles. The first-order chi connectivity index (χ1) is 5.68. The molecule has 1 nitrogen and oxygen atoms in total. The van der Waals surface area contributed by atoms with Crippen LogP contribution in [0.5, 0.6) is 5.75 Å². The van der Waals surface area contributed by atoms with Crippen molar-refractivity contribution in [3.05, 3.63) is 48.1 Å². The molecule has 0 aliphatic rings. The maximum absolute atomic E-state index is 8.99. The Morgan fingerprint density at radius 3 is 2.42 bits per heavy atom. The summed E-state index contributed by atoms with van der Waals surface area (Å²) in [5.74, 6) is 0.294. The Balaban J connectivity index is 2.77. The smallest absolute Gasteiger partial charge is 0.115 e. The van der Waals surface area contributed by atoms with Crippen molar-refractivity contribution in [3.63, 3.8) is 0 Å². The molecule has 1 N–H and O–H groups in total. The number of aromatic hydroxyl groups is 1. The van der Waals surface area contributed by atoms with E-state index in [2.05, 4.69) is 6.58 Å². The average molecular weight is 160 g/mol. The molecule has 12 heavy (non-hydrogen) atoms. The van der Waals surface area contributed by atoms with E-state index < -0.39 is 0 Å². The molecule has 1 heteroatoms. The van der Waals surface area contributed by atoms with Gasteiger partial charge in [-0.1, -0.05) is 36.4 Å². The first-order valence-electron chi connectivity index (χ1n) is 3.81. The van der Waals surface area contributed by atoms with Crippen molar-refractivity contribution in [1.29, 1.82) is 0 Å². The average Bonchev–Trinajstić information content (AvgIpc) is 2.03. The van der Waals surface area contributed by atoms with Crippen molar-refractivity contribution in [2.75, 3.05) is 0 Å². The summed E-state index contributed by atoms with van der Waals surface area (Å²) >= 11 is 0. The van der Waals surface area contributed by atoms with E-state index >= 15 is 0 Å². The van der Waals surface area contributed by atoms with Crippen LogP contribution < -0.4 is 0 Å². The van der Waals surface area contributed by atoms with Gasteiger partial charge >= 0.3 is 0 Å². The number of benzene rings is 1. The van der Waals surface area contributed by atoms with Crippen LogP contribution >= 0.6 is 0 Å². The van der Waals surface area contributed by atoms with E-state index in [0.717, 1.165) is 11.1 Å².